The Kier molecular flexibility index (Phi) is 10.0. The first kappa shape index (κ1) is 31.4. The molecule has 0 unspecified atom stereocenters. The lowest BCUT2D eigenvalue weighted by Gasteiger charge is -2.39. The van der Waals surface area contributed by atoms with E-state index in [4.69, 9.17) is 14.2 Å². The highest BCUT2D eigenvalue weighted by Crippen LogP contribution is 2.42. The zero-order chi connectivity index (χ0) is 30.6. The van der Waals surface area contributed by atoms with Crippen molar-refractivity contribution in [2.24, 2.45) is 17.8 Å². The minimum atomic E-state index is -3.36. The van der Waals surface area contributed by atoms with E-state index in [0.717, 1.165) is 24.6 Å². The highest BCUT2D eigenvalue weighted by Gasteiger charge is 2.45. The molecule has 1 heterocycles. The molecule has 5 rings (SSSR count). The van der Waals surface area contributed by atoms with Crippen LogP contribution in [0, 0.1) is 41.0 Å². The standard InChI is InChI=1S/C34H36F6O3/c1-2-3-4-5-21-19-41-33(42-20-21)23-6-11-26(12-7-23)34(39,40)43-27-13-8-22(9-14-27)24-10-15-28(29(35)16-24)25-17-30(36)32(38)31(37)18-25/h8-10,13-18,21,23,26,33H,2-7,11-12,19-20H2,1H3. The second kappa shape index (κ2) is 13.7. The number of hydrogen-bond donors (Lipinski definition) is 0. The molecule has 2 fully saturated rings. The lowest BCUT2D eigenvalue weighted by atomic mass is 9.80. The molecule has 232 valence electrons. The Labute approximate surface area is 248 Å². The molecule has 9 heteroatoms. The lowest BCUT2D eigenvalue weighted by molar-refractivity contribution is -0.247. The zero-order valence-electron chi connectivity index (χ0n) is 24.1. The van der Waals surface area contributed by atoms with Gasteiger partial charge in [-0.2, -0.15) is 8.78 Å². The van der Waals surface area contributed by atoms with Crippen LogP contribution in [-0.4, -0.2) is 25.6 Å². The molecule has 3 aromatic rings. The Bertz CT molecular complexity index is 1340. The predicted octanol–water partition coefficient (Wildman–Crippen LogP) is 9.92. The minimum absolute atomic E-state index is 0.0155. The average molecular weight is 607 g/mol. The van der Waals surface area contributed by atoms with Crippen molar-refractivity contribution in [2.45, 2.75) is 70.7 Å². The number of benzene rings is 3. The highest BCUT2D eigenvalue weighted by molar-refractivity contribution is 5.71. The van der Waals surface area contributed by atoms with Crippen molar-refractivity contribution in [1.82, 2.24) is 0 Å². The molecule has 0 N–H and O–H groups in total. The van der Waals surface area contributed by atoms with Gasteiger partial charge in [-0.05, 0) is 79.1 Å². The van der Waals surface area contributed by atoms with Crippen LogP contribution in [-0.2, 0) is 9.47 Å². The SMILES string of the molecule is CCCCCC1COC(C2CCC(C(F)(F)Oc3ccc(-c4ccc(-c5cc(F)c(F)c(F)c5)c(F)c4)cc3)CC2)OC1. The van der Waals surface area contributed by atoms with Gasteiger partial charge < -0.3 is 14.2 Å². The van der Waals surface area contributed by atoms with E-state index in [1.54, 1.807) is 0 Å². The van der Waals surface area contributed by atoms with Gasteiger partial charge in [-0.15, -0.1) is 0 Å². The fourth-order valence-corrected chi connectivity index (χ4v) is 6.00. The molecule has 0 bridgehead atoms. The van der Waals surface area contributed by atoms with E-state index < -0.39 is 35.3 Å². The normalized spacial score (nSPS) is 22.9. The Morgan fingerprint density at radius 2 is 1.35 bits per heavy atom. The summed E-state index contributed by atoms with van der Waals surface area (Å²) >= 11 is 0. The quantitative estimate of drug-likeness (QED) is 0.131. The smallest absolute Gasteiger partial charge is 0.400 e. The van der Waals surface area contributed by atoms with Gasteiger partial charge in [0.15, 0.2) is 23.7 Å². The van der Waals surface area contributed by atoms with Gasteiger partial charge in [0.25, 0.3) is 0 Å². The second-order valence-corrected chi connectivity index (χ2v) is 11.6. The van der Waals surface area contributed by atoms with Crippen LogP contribution in [0.3, 0.4) is 0 Å². The summed E-state index contributed by atoms with van der Waals surface area (Å²) in [6, 6.07) is 11.3. The number of halogens is 6. The van der Waals surface area contributed by atoms with Crippen LogP contribution in [0.4, 0.5) is 26.3 Å². The Morgan fingerprint density at radius 3 is 1.95 bits per heavy atom. The molecule has 1 saturated heterocycles. The van der Waals surface area contributed by atoms with Crippen molar-refractivity contribution in [3.05, 3.63) is 77.9 Å². The molecule has 3 aromatic carbocycles. The molecule has 0 atom stereocenters. The summed E-state index contributed by atoms with van der Waals surface area (Å²) in [4.78, 5) is 0. The van der Waals surface area contributed by atoms with Gasteiger partial charge in [0.05, 0.1) is 19.1 Å². The van der Waals surface area contributed by atoms with Gasteiger partial charge >= 0.3 is 6.11 Å². The van der Waals surface area contributed by atoms with Crippen molar-refractivity contribution in [3.63, 3.8) is 0 Å². The van der Waals surface area contributed by atoms with Crippen LogP contribution < -0.4 is 4.74 Å². The number of alkyl halides is 2. The molecule has 43 heavy (non-hydrogen) atoms. The lowest BCUT2D eigenvalue weighted by Crippen LogP contribution is -2.42. The van der Waals surface area contributed by atoms with E-state index in [1.807, 2.05) is 0 Å². The number of ether oxygens (including phenoxy) is 3. The molecule has 0 aromatic heterocycles. The Balaban J connectivity index is 1.14. The van der Waals surface area contributed by atoms with Gasteiger partial charge in [0.1, 0.15) is 11.6 Å². The molecule has 3 nitrogen and oxygen atoms in total. The first-order valence-electron chi connectivity index (χ1n) is 15.0. The van der Waals surface area contributed by atoms with Crippen LogP contribution >= 0.6 is 0 Å². The summed E-state index contributed by atoms with van der Waals surface area (Å²) < 4.78 is 103. The largest absolute Gasteiger partial charge is 0.432 e. The van der Waals surface area contributed by atoms with Crippen molar-refractivity contribution < 1.29 is 40.6 Å². The third kappa shape index (κ3) is 7.55. The van der Waals surface area contributed by atoms with Gasteiger partial charge in [0, 0.05) is 17.4 Å². The van der Waals surface area contributed by atoms with E-state index in [-0.39, 0.29) is 29.1 Å². The topological polar surface area (TPSA) is 27.7 Å². The summed E-state index contributed by atoms with van der Waals surface area (Å²) in [7, 11) is 0. The van der Waals surface area contributed by atoms with Crippen molar-refractivity contribution in [1.29, 1.82) is 0 Å². The summed E-state index contributed by atoms with van der Waals surface area (Å²) in [6.07, 6.45) is 2.68. The second-order valence-electron chi connectivity index (χ2n) is 11.6. The van der Waals surface area contributed by atoms with Crippen molar-refractivity contribution in [3.8, 4) is 28.0 Å². The number of unbranched alkanes of at least 4 members (excludes halogenated alkanes) is 2. The maximum atomic E-state index is 15.1. The molecule has 0 spiro atoms. The average Bonchev–Trinajstić information content (AvgIpc) is 3.00. The molecule has 0 amide bonds. The molecule has 1 aliphatic carbocycles. The van der Waals surface area contributed by atoms with Gasteiger partial charge in [-0.1, -0.05) is 50.5 Å². The van der Waals surface area contributed by atoms with Gasteiger partial charge in [0.2, 0.25) is 0 Å². The van der Waals surface area contributed by atoms with E-state index in [0.29, 0.717) is 55.9 Å². The third-order valence-corrected chi connectivity index (χ3v) is 8.55. The predicted molar refractivity (Wildman–Crippen MR) is 151 cm³/mol. The fraction of sp³-hybridized carbons (Fsp3) is 0.471. The molecular weight excluding hydrogens is 570 g/mol. The van der Waals surface area contributed by atoms with Gasteiger partial charge in [-0.3, -0.25) is 0 Å². The molecule has 1 aliphatic heterocycles. The number of rotatable bonds is 10. The van der Waals surface area contributed by atoms with E-state index in [9.17, 15) is 17.6 Å². The highest BCUT2D eigenvalue weighted by atomic mass is 19.3. The van der Waals surface area contributed by atoms with E-state index >= 15 is 8.78 Å². The van der Waals surface area contributed by atoms with Gasteiger partial charge in [-0.25, -0.2) is 17.6 Å². The summed E-state index contributed by atoms with van der Waals surface area (Å²) in [5.74, 6) is -5.70. The van der Waals surface area contributed by atoms with Crippen molar-refractivity contribution in [2.75, 3.05) is 13.2 Å². The van der Waals surface area contributed by atoms with Crippen LogP contribution in [0.5, 0.6) is 5.75 Å². The molecule has 2 aliphatic rings. The van der Waals surface area contributed by atoms with E-state index in [1.165, 1.54) is 55.7 Å². The molecular formula is C34H36F6O3. The first-order chi connectivity index (χ1) is 20.6. The summed E-state index contributed by atoms with van der Waals surface area (Å²) in [5, 5.41) is 0. The molecule has 1 saturated carbocycles. The first-order valence-corrected chi connectivity index (χ1v) is 15.0. The zero-order valence-corrected chi connectivity index (χ0v) is 24.1. The maximum absolute atomic E-state index is 15.1. The monoisotopic (exact) mass is 606 g/mol. The van der Waals surface area contributed by atoms with Crippen LogP contribution in [0.1, 0.15) is 58.3 Å². The Morgan fingerprint density at radius 1 is 0.744 bits per heavy atom. The van der Waals surface area contributed by atoms with Crippen molar-refractivity contribution >= 4 is 0 Å². The summed E-state index contributed by atoms with van der Waals surface area (Å²) in [6.45, 7) is 3.50. The van der Waals surface area contributed by atoms with Crippen LogP contribution in [0.2, 0.25) is 0 Å². The summed E-state index contributed by atoms with van der Waals surface area (Å²) in [5.41, 5.74) is 0.688. The maximum Gasteiger partial charge on any atom is 0.400 e. The fourth-order valence-electron chi connectivity index (χ4n) is 6.00. The Hall–Kier alpha value is -3.04. The van der Waals surface area contributed by atoms with E-state index in [2.05, 4.69) is 6.92 Å². The molecule has 0 radical (unpaired) electrons. The minimum Gasteiger partial charge on any atom is -0.432 e. The third-order valence-electron chi connectivity index (χ3n) is 8.55. The van der Waals surface area contributed by atoms with Crippen LogP contribution in [0.25, 0.3) is 22.3 Å². The number of hydrogen-bond acceptors (Lipinski definition) is 3. The van der Waals surface area contributed by atoms with Crippen LogP contribution in [0.15, 0.2) is 54.6 Å².